The van der Waals surface area contributed by atoms with Crippen LogP contribution in [0.15, 0.2) is 17.1 Å². The number of aliphatic imine (C=N–C) groups is 1. The van der Waals surface area contributed by atoms with E-state index in [1.165, 1.54) is 0 Å². The maximum Gasteiger partial charge on any atom is 0.203 e. The average Bonchev–Trinajstić information content (AvgIpc) is 2.46. The van der Waals surface area contributed by atoms with Gasteiger partial charge < -0.3 is 24.8 Å². The van der Waals surface area contributed by atoms with Crippen LogP contribution in [0.1, 0.15) is 5.56 Å². The van der Waals surface area contributed by atoms with Gasteiger partial charge in [0.15, 0.2) is 17.5 Å². The van der Waals surface area contributed by atoms with Gasteiger partial charge in [-0.1, -0.05) is 0 Å². The second-order valence-corrected chi connectivity index (χ2v) is 3.71. The van der Waals surface area contributed by atoms with Gasteiger partial charge in [-0.3, -0.25) is 4.99 Å². The number of nitrogens with zero attached hydrogens (tertiary/aromatic N) is 1. The molecule has 0 aliphatic rings. The minimum absolute atomic E-state index is 0. The molecule has 0 radical (unpaired) electrons. The van der Waals surface area contributed by atoms with Crippen LogP contribution >= 0.6 is 24.0 Å². The van der Waals surface area contributed by atoms with Crippen LogP contribution in [0.4, 0.5) is 0 Å². The van der Waals surface area contributed by atoms with Gasteiger partial charge in [-0.2, -0.15) is 0 Å². The summed E-state index contributed by atoms with van der Waals surface area (Å²) in [4.78, 5) is 4.05. The van der Waals surface area contributed by atoms with Crippen molar-refractivity contribution in [3.05, 3.63) is 17.7 Å². The quantitative estimate of drug-likeness (QED) is 0.451. The van der Waals surface area contributed by atoms with E-state index in [1.54, 1.807) is 28.4 Å². The van der Waals surface area contributed by atoms with Gasteiger partial charge in [-0.15, -0.1) is 24.0 Å². The van der Waals surface area contributed by atoms with E-state index in [0.29, 0.717) is 29.8 Å². The molecule has 0 saturated heterocycles. The van der Waals surface area contributed by atoms with Gasteiger partial charge in [0.05, 0.1) is 21.3 Å². The molecule has 1 aromatic rings. The van der Waals surface area contributed by atoms with Crippen LogP contribution in [0.3, 0.4) is 0 Å². The molecule has 0 aromatic heterocycles. The Morgan fingerprint density at radius 1 is 1.10 bits per heavy atom. The lowest BCUT2D eigenvalue weighted by Crippen LogP contribution is -2.34. The van der Waals surface area contributed by atoms with E-state index in [2.05, 4.69) is 15.6 Å². The molecule has 1 aromatic carbocycles. The predicted octanol–water partition coefficient (Wildman–Crippen LogP) is 1.63. The van der Waals surface area contributed by atoms with Crippen molar-refractivity contribution in [2.24, 2.45) is 4.99 Å². The number of guanidine groups is 1. The number of nitrogens with one attached hydrogen (secondary N) is 2. The Kier molecular flexibility index (Phi) is 8.86. The standard InChI is InChI=1S/C13H21N3O3.HI/c1-14-13(15-2)16-8-9-6-10(17-3)12(19-5)11(7-9)18-4;/h6-7H,8H2,1-5H3,(H2,14,15,16);1H. The molecule has 0 saturated carbocycles. The SMILES string of the molecule is CN=C(NC)NCc1cc(OC)c(OC)c(OC)c1.I. The summed E-state index contributed by atoms with van der Waals surface area (Å²) in [5.41, 5.74) is 1.01. The van der Waals surface area contributed by atoms with Crippen LogP contribution in [0.25, 0.3) is 0 Å². The van der Waals surface area contributed by atoms with Gasteiger partial charge in [-0.25, -0.2) is 0 Å². The molecule has 0 heterocycles. The van der Waals surface area contributed by atoms with Crippen LogP contribution in [-0.2, 0) is 6.54 Å². The lowest BCUT2D eigenvalue weighted by molar-refractivity contribution is 0.323. The highest BCUT2D eigenvalue weighted by molar-refractivity contribution is 14.0. The topological polar surface area (TPSA) is 64.1 Å². The summed E-state index contributed by atoms with van der Waals surface area (Å²) < 4.78 is 15.9. The van der Waals surface area contributed by atoms with E-state index >= 15 is 0 Å². The molecule has 0 bridgehead atoms. The van der Waals surface area contributed by atoms with E-state index in [0.717, 1.165) is 5.56 Å². The van der Waals surface area contributed by atoms with Crippen LogP contribution in [0.5, 0.6) is 17.2 Å². The number of methoxy groups -OCH3 is 3. The van der Waals surface area contributed by atoms with Gasteiger partial charge in [0.25, 0.3) is 0 Å². The third-order valence-corrected chi connectivity index (χ3v) is 2.64. The largest absolute Gasteiger partial charge is 0.493 e. The second kappa shape index (κ2) is 9.51. The molecular formula is C13H22IN3O3. The lowest BCUT2D eigenvalue weighted by Gasteiger charge is -2.15. The first kappa shape index (κ1) is 18.6. The van der Waals surface area contributed by atoms with Gasteiger partial charge >= 0.3 is 0 Å². The molecular weight excluding hydrogens is 373 g/mol. The number of hydrogen-bond donors (Lipinski definition) is 2. The molecule has 0 unspecified atom stereocenters. The normalized spacial score (nSPS) is 10.3. The van der Waals surface area contributed by atoms with Crippen molar-refractivity contribution in [1.29, 1.82) is 0 Å². The zero-order valence-corrected chi connectivity index (χ0v) is 14.8. The first-order chi connectivity index (χ1) is 9.19. The number of ether oxygens (including phenoxy) is 3. The maximum atomic E-state index is 5.30. The molecule has 0 aliphatic heterocycles. The third kappa shape index (κ3) is 4.62. The van der Waals surface area contributed by atoms with Crippen molar-refractivity contribution in [2.45, 2.75) is 6.54 Å². The Morgan fingerprint density at radius 2 is 1.65 bits per heavy atom. The lowest BCUT2D eigenvalue weighted by atomic mass is 10.2. The Balaban J connectivity index is 0.00000361. The third-order valence-electron chi connectivity index (χ3n) is 2.64. The predicted molar refractivity (Wildman–Crippen MR) is 90.8 cm³/mol. The number of rotatable bonds is 5. The zero-order chi connectivity index (χ0) is 14.3. The molecule has 6 nitrogen and oxygen atoms in total. The van der Waals surface area contributed by atoms with E-state index in [9.17, 15) is 0 Å². The smallest absolute Gasteiger partial charge is 0.203 e. The molecule has 0 fully saturated rings. The summed E-state index contributed by atoms with van der Waals surface area (Å²) in [5.74, 6) is 2.58. The summed E-state index contributed by atoms with van der Waals surface area (Å²) in [5, 5.41) is 6.12. The van der Waals surface area contributed by atoms with Crippen molar-refractivity contribution in [1.82, 2.24) is 10.6 Å². The van der Waals surface area contributed by atoms with E-state index in [1.807, 2.05) is 19.2 Å². The van der Waals surface area contributed by atoms with Crippen LogP contribution in [0, 0.1) is 0 Å². The average molecular weight is 395 g/mol. The van der Waals surface area contributed by atoms with Crippen LogP contribution in [0.2, 0.25) is 0 Å². The highest BCUT2D eigenvalue weighted by Gasteiger charge is 2.13. The van der Waals surface area contributed by atoms with Gasteiger partial charge in [0, 0.05) is 20.6 Å². The molecule has 0 atom stereocenters. The van der Waals surface area contributed by atoms with E-state index in [-0.39, 0.29) is 24.0 Å². The van der Waals surface area contributed by atoms with Gasteiger partial charge in [0.2, 0.25) is 5.75 Å². The van der Waals surface area contributed by atoms with E-state index in [4.69, 9.17) is 14.2 Å². The minimum atomic E-state index is 0. The van der Waals surface area contributed by atoms with Crippen LogP contribution in [-0.4, -0.2) is 41.4 Å². The summed E-state index contributed by atoms with van der Waals surface area (Å²) in [6.45, 7) is 0.601. The monoisotopic (exact) mass is 395 g/mol. The highest BCUT2D eigenvalue weighted by Crippen LogP contribution is 2.38. The zero-order valence-electron chi connectivity index (χ0n) is 12.4. The molecule has 0 aliphatic carbocycles. The fraction of sp³-hybridized carbons (Fsp3) is 0.462. The second-order valence-electron chi connectivity index (χ2n) is 3.71. The number of hydrogen-bond acceptors (Lipinski definition) is 4. The minimum Gasteiger partial charge on any atom is -0.493 e. The number of benzene rings is 1. The van der Waals surface area contributed by atoms with Crippen LogP contribution < -0.4 is 24.8 Å². The molecule has 2 N–H and O–H groups in total. The molecule has 0 amide bonds. The Hall–Kier alpha value is -1.38. The van der Waals surface area contributed by atoms with Crippen molar-refractivity contribution < 1.29 is 14.2 Å². The Bertz CT molecular complexity index is 427. The van der Waals surface area contributed by atoms with Gasteiger partial charge in [-0.05, 0) is 17.7 Å². The van der Waals surface area contributed by atoms with Crippen molar-refractivity contribution in [3.8, 4) is 17.2 Å². The molecule has 1 rings (SSSR count). The highest BCUT2D eigenvalue weighted by atomic mass is 127. The Morgan fingerprint density at radius 3 is 2.00 bits per heavy atom. The summed E-state index contributed by atoms with van der Waals surface area (Å²) in [6, 6.07) is 3.80. The Labute approximate surface area is 136 Å². The first-order valence-electron chi connectivity index (χ1n) is 5.87. The molecule has 114 valence electrons. The van der Waals surface area contributed by atoms with Crippen molar-refractivity contribution >= 4 is 29.9 Å². The summed E-state index contributed by atoms with van der Waals surface area (Å²) in [6.07, 6.45) is 0. The first-order valence-corrected chi connectivity index (χ1v) is 5.87. The summed E-state index contributed by atoms with van der Waals surface area (Å²) in [7, 11) is 8.31. The molecule has 0 spiro atoms. The maximum absolute atomic E-state index is 5.30. The van der Waals surface area contributed by atoms with Crippen molar-refractivity contribution in [3.63, 3.8) is 0 Å². The number of halogens is 1. The fourth-order valence-corrected chi connectivity index (χ4v) is 1.70. The fourth-order valence-electron chi connectivity index (χ4n) is 1.70. The summed E-state index contributed by atoms with van der Waals surface area (Å²) >= 11 is 0. The van der Waals surface area contributed by atoms with Crippen molar-refractivity contribution in [2.75, 3.05) is 35.4 Å². The molecule has 7 heteroatoms. The van der Waals surface area contributed by atoms with E-state index < -0.39 is 0 Å². The van der Waals surface area contributed by atoms with Gasteiger partial charge in [0.1, 0.15) is 0 Å². The molecule has 20 heavy (non-hydrogen) atoms.